The number of nitrogens with zero attached hydrogens (tertiary/aromatic N) is 3. The van der Waals surface area contributed by atoms with E-state index in [9.17, 15) is 14.7 Å². The lowest BCUT2D eigenvalue weighted by Gasteiger charge is -2.50. The van der Waals surface area contributed by atoms with E-state index in [2.05, 4.69) is 10.4 Å². The van der Waals surface area contributed by atoms with Gasteiger partial charge in [0.15, 0.2) is 5.58 Å². The molecule has 14 heteroatoms. The third-order valence-electron chi connectivity index (χ3n) is 12.8. The predicted octanol–water partition coefficient (Wildman–Crippen LogP) is 8.71. The van der Waals surface area contributed by atoms with Gasteiger partial charge in [-0.1, -0.05) is 65.2 Å². The maximum absolute atomic E-state index is 15.6. The van der Waals surface area contributed by atoms with Gasteiger partial charge in [0.05, 0.1) is 53.8 Å². The number of anilines is 2. The number of carbonyl (C=O) groups is 4. The average molecular weight is 856 g/mol. The molecule has 5 aromatic carbocycles. The number of hydrogen-bond acceptors (Lipinski definition) is 10. The van der Waals surface area contributed by atoms with Crippen LogP contribution in [-0.2, 0) is 24.6 Å². The van der Waals surface area contributed by atoms with Crippen molar-refractivity contribution in [3.63, 3.8) is 0 Å². The number of rotatable bonds is 8. The van der Waals surface area contributed by atoms with Crippen molar-refractivity contribution in [1.29, 1.82) is 0 Å². The lowest BCUT2D eigenvalue weighted by atomic mass is 9.49. The maximum Gasteiger partial charge on any atom is 0.260 e. The van der Waals surface area contributed by atoms with Crippen molar-refractivity contribution in [1.82, 2.24) is 9.99 Å². The lowest BCUT2D eigenvalue weighted by Crippen LogP contribution is -2.53. The molecule has 1 aromatic heterocycles. The van der Waals surface area contributed by atoms with Crippen LogP contribution in [-0.4, -0.2) is 52.9 Å². The van der Waals surface area contributed by atoms with Gasteiger partial charge in [-0.25, -0.2) is 4.98 Å². The second-order valence-corrected chi connectivity index (χ2v) is 16.5. The molecule has 2 N–H and O–H groups in total. The van der Waals surface area contributed by atoms with Crippen molar-refractivity contribution < 1.29 is 38.2 Å². The number of phenolic OH excluding ortho intramolecular Hbond substituents is 1. The van der Waals surface area contributed by atoms with Gasteiger partial charge in [-0.3, -0.25) is 29.5 Å². The number of aromatic nitrogens is 1. The van der Waals surface area contributed by atoms with Crippen LogP contribution < -0.4 is 19.8 Å². The molecule has 0 radical (unpaired) electrons. The monoisotopic (exact) mass is 854 g/mol. The smallest absolute Gasteiger partial charge is 0.260 e. The molecule has 1 saturated carbocycles. The van der Waals surface area contributed by atoms with E-state index in [1.54, 1.807) is 72.8 Å². The highest BCUT2D eigenvalue weighted by molar-refractivity contribution is 6.36. The SMILES string of the molecule is COc1ccc(C23C(=O)N(Nc4ccc(Cl)cc4Cl)C(=O)C2CC2C(=CCC4C(=O)N(c5ccc(-c6nc7ccccc7o6)cc5)C(=O)C42)C3c2c(O)cccc2OC)cc1. The molecule has 6 atom stereocenters. The fourth-order valence-electron chi connectivity index (χ4n) is 10.2. The van der Waals surface area contributed by atoms with Gasteiger partial charge in [-0.05, 0) is 103 Å². The number of methoxy groups -OCH3 is 2. The Morgan fingerprint density at radius 2 is 1.61 bits per heavy atom. The Labute approximate surface area is 359 Å². The number of aromatic hydroxyl groups is 1. The number of amides is 4. The first kappa shape index (κ1) is 38.6. The summed E-state index contributed by atoms with van der Waals surface area (Å²) in [6, 6.07) is 30.7. The molecule has 2 saturated heterocycles. The molecule has 6 unspecified atom stereocenters. The quantitative estimate of drug-likeness (QED) is 0.112. The number of fused-ring (bicyclic) bond motifs is 5. The Bertz CT molecular complexity index is 2810. The predicted molar refractivity (Wildman–Crippen MR) is 227 cm³/mol. The number of benzene rings is 5. The second-order valence-electron chi connectivity index (χ2n) is 15.7. The zero-order valence-electron chi connectivity index (χ0n) is 32.7. The molecule has 4 amide bonds. The van der Waals surface area contributed by atoms with Crippen molar-refractivity contribution >= 4 is 69.3 Å². The molecule has 0 bridgehead atoms. The van der Waals surface area contributed by atoms with E-state index in [4.69, 9.17) is 37.1 Å². The molecule has 2 aliphatic heterocycles. The Balaban J connectivity index is 1.10. The maximum atomic E-state index is 15.6. The van der Waals surface area contributed by atoms with Gasteiger partial charge in [0, 0.05) is 22.1 Å². The van der Waals surface area contributed by atoms with Crippen molar-refractivity contribution in [2.75, 3.05) is 24.5 Å². The van der Waals surface area contributed by atoms with Crippen LogP contribution in [0.25, 0.3) is 22.6 Å². The third-order valence-corrected chi connectivity index (χ3v) is 13.3. The number of ether oxygens (including phenoxy) is 2. The Kier molecular flexibility index (Phi) is 9.19. The van der Waals surface area contributed by atoms with Gasteiger partial charge in [0.1, 0.15) is 22.8 Å². The molecule has 0 spiro atoms. The van der Waals surface area contributed by atoms with E-state index < -0.39 is 52.7 Å². The molecule has 2 aliphatic carbocycles. The molecular formula is C47H36Cl2N4O8. The summed E-state index contributed by atoms with van der Waals surface area (Å²) >= 11 is 12.8. The number of halogens is 2. The van der Waals surface area contributed by atoms with Crippen LogP contribution in [0.5, 0.6) is 17.2 Å². The zero-order chi connectivity index (χ0) is 42.3. The number of nitrogens with one attached hydrogen (secondary N) is 1. The van der Waals surface area contributed by atoms with Gasteiger partial charge < -0.3 is 19.0 Å². The van der Waals surface area contributed by atoms with Crippen molar-refractivity contribution in [3.8, 4) is 28.7 Å². The summed E-state index contributed by atoms with van der Waals surface area (Å²) in [4.78, 5) is 65.8. The number of carbonyl (C=O) groups excluding carboxylic acids is 4. The second kappa shape index (κ2) is 14.5. The molecule has 3 heterocycles. The highest BCUT2D eigenvalue weighted by Crippen LogP contribution is 2.66. The fraction of sp³-hybridized carbons (Fsp3) is 0.213. The fourth-order valence-corrected chi connectivity index (χ4v) is 10.6. The molecule has 6 aromatic rings. The third kappa shape index (κ3) is 5.76. The van der Waals surface area contributed by atoms with Crippen LogP contribution in [0.1, 0.15) is 29.9 Å². The largest absolute Gasteiger partial charge is 0.508 e. The summed E-state index contributed by atoms with van der Waals surface area (Å²) in [5, 5.41) is 13.4. The highest BCUT2D eigenvalue weighted by atomic mass is 35.5. The van der Waals surface area contributed by atoms with Gasteiger partial charge in [0.25, 0.3) is 11.8 Å². The number of allylic oxidation sites excluding steroid dienone is 2. The summed E-state index contributed by atoms with van der Waals surface area (Å²) < 4.78 is 17.3. The minimum absolute atomic E-state index is 0.0338. The van der Waals surface area contributed by atoms with Gasteiger partial charge in [-0.15, -0.1) is 0 Å². The molecule has 306 valence electrons. The van der Waals surface area contributed by atoms with Crippen LogP contribution in [0.4, 0.5) is 11.4 Å². The standard InChI is InChI=1S/C47H36Cl2N4O8/c1-59-28-17-12-25(13-18-28)47-32(44(56)53(46(47)58)51-34-21-14-26(48)22-33(34)49)23-31-29(41(47)40-36(54)7-5-9-38(40)60-2)19-20-30-39(31)45(57)52(43(30)55)27-15-10-24(11-16-27)42-50-35-6-3-4-8-37(35)61-42/h3-19,21-22,30-32,39,41,51,54H,20,23H2,1-2H3. The molecular weight excluding hydrogens is 819 g/mol. The minimum Gasteiger partial charge on any atom is -0.508 e. The van der Waals surface area contributed by atoms with Crippen LogP contribution in [0, 0.1) is 23.7 Å². The van der Waals surface area contributed by atoms with E-state index in [0.29, 0.717) is 50.1 Å². The Morgan fingerprint density at radius 3 is 2.33 bits per heavy atom. The lowest BCUT2D eigenvalue weighted by molar-refractivity contribution is -0.138. The van der Waals surface area contributed by atoms with E-state index in [-0.39, 0.29) is 46.5 Å². The molecule has 10 rings (SSSR count). The number of imide groups is 2. The van der Waals surface area contributed by atoms with Gasteiger partial charge in [-0.2, -0.15) is 5.01 Å². The average Bonchev–Trinajstić information content (AvgIpc) is 3.89. The van der Waals surface area contributed by atoms with E-state index in [1.165, 1.54) is 31.3 Å². The summed E-state index contributed by atoms with van der Waals surface area (Å²) in [5.41, 5.74) is 5.36. The van der Waals surface area contributed by atoms with Crippen molar-refractivity contribution in [3.05, 3.63) is 142 Å². The number of hydrogen-bond donors (Lipinski definition) is 2. The highest BCUT2D eigenvalue weighted by Gasteiger charge is 2.71. The van der Waals surface area contributed by atoms with Crippen molar-refractivity contribution in [2.24, 2.45) is 23.7 Å². The summed E-state index contributed by atoms with van der Waals surface area (Å²) in [5.74, 6) is -5.38. The Hall–Kier alpha value is -6.63. The summed E-state index contributed by atoms with van der Waals surface area (Å²) in [6.07, 6.45) is 2.13. The van der Waals surface area contributed by atoms with Crippen LogP contribution >= 0.6 is 23.2 Å². The van der Waals surface area contributed by atoms with E-state index in [0.717, 1.165) is 5.01 Å². The summed E-state index contributed by atoms with van der Waals surface area (Å²) in [6.45, 7) is 0. The van der Waals surface area contributed by atoms with E-state index >= 15 is 9.59 Å². The topological polar surface area (TPSA) is 152 Å². The van der Waals surface area contributed by atoms with Crippen LogP contribution in [0.15, 0.2) is 125 Å². The van der Waals surface area contributed by atoms with Crippen molar-refractivity contribution in [2.45, 2.75) is 24.2 Å². The minimum atomic E-state index is -1.69. The summed E-state index contributed by atoms with van der Waals surface area (Å²) in [7, 11) is 2.99. The molecule has 61 heavy (non-hydrogen) atoms. The number of hydrazine groups is 1. The van der Waals surface area contributed by atoms with Gasteiger partial charge >= 0.3 is 0 Å². The normalized spacial score (nSPS) is 24.4. The molecule has 12 nitrogen and oxygen atoms in total. The van der Waals surface area contributed by atoms with E-state index in [1.807, 2.05) is 30.3 Å². The van der Waals surface area contributed by atoms with Gasteiger partial charge in [0.2, 0.25) is 17.7 Å². The Morgan fingerprint density at radius 1 is 0.836 bits per heavy atom. The first-order valence-corrected chi connectivity index (χ1v) is 20.4. The molecule has 3 fully saturated rings. The number of phenols is 1. The first-order chi connectivity index (χ1) is 29.5. The number of oxazole rings is 1. The number of para-hydroxylation sites is 2. The first-order valence-electron chi connectivity index (χ1n) is 19.7. The zero-order valence-corrected chi connectivity index (χ0v) is 34.2. The van der Waals surface area contributed by atoms with Crippen LogP contribution in [0.3, 0.4) is 0 Å². The molecule has 4 aliphatic rings. The van der Waals surface area contributed by atoms with Crippen LogP contribution in [0.2, 0.25) is 10.0 Å².